The third-order valence-corrected chi connectivity index (χ3v) is 2.35. The highest BCUT2D eigenvalue weighted by atomic mass is 19.1. The first kappa shape index (κ1) is 11.9. The third-order valence-electron chi connectivity index (χ3n) is 2.35. The molecule has 4 nitrogen and oxygen atoms in total. The van der Waals surface area contributed by atoms with Gasteiger partial charge >= 0.3 is 0 Å². The van der Waals surface area contributed by atoms with Crippen molar-refractivity contribution in [3.8, 4) is 17.7 Å². The molecule has 0 amide bonds. The Bertz CT molecular complexity index is 635. The van der Waals surface area contributed by atoms with Gasteiger partial charge in [0.2, 0.25) is 5.88 Å². The number of benzene rings is 1. The van der Waals surface area contributed by atoms with Crippen LogP contribution in [0.25, 0.3) is 0 Å². The van der Waals surface area contributed by atoms with E-state index in [1.807, 2.05) is 6.07 Å². The van der Waals surface area contributed by atoms with Crippen molar-refractivity contribution in [2.45, 2.75) is 6.92 Å². The van der Waals surface area contributed by atoms with E-state index in [0.29, 0.717) is 16.9 Å². The van der Waals surface area contributed by atoms with Crippen molar-refractivity contribution in [2.75, 3.05) is 5.73 Å². The average molecular weight is 243 g/mol. The topological polar surface area (TPSA) is 71.9 Å². The lowest BCUT2D eigenvalue weighted by Crippen LogP contribution is -1.97. The second kappa shape index (κ2) is 4.72. The molecule has 0 bridgehead atoms. The van der Waals surface area contributed by atoms with Gasteiger partial charge in [0.05, 0.1) is 11.3 Å². The average Bonchev–Trinajstić information content (AvgIpc) is 2.34. The molecule has 1 aromatic heterocycles. The maximum atomic E-state index is 12.9. The van der Waals surface area contributed by atoms with Crippen LogP contribution in [0.5, 0.6) is 11.6 Å². The zero-order valence-corrected chi connectivity index (χ0v) is 9.64. The van der Waals surface area contributed by atoms with Gasteiger partial charge in [-0.2, -0.15) is 5.26 Å². The number of aromatic nitrogens is 1. The summed E-state index contributed by atoms with van der Waals surface area (Å²) in [5.74, 6) is 0.338. The fourth-order valence-corrected chi connectivity index (χ4v) is 1.45. The molecule has 18 heavy (non-hydrogen) atoms. The van der Waals surface area contributed by atoms with Crippen molar-refractivity contribution >= 4 is 5.69 Å². The monoisotopic (exact) mass is 243 g/mol. The first-order chi connectivity index (χ1) is 8.60. The van der Waals surface area contributed by atoms with Crippen LogP contribution in [0.1, 0.15) is 11.1 Å². The number of nitriles is 1. The number of hydrogen-bond acceptors (Lipinski definition) is 4. The van der Waals surface area contributed by atoms with E-state index in [-0.39, 0.29) is 17.4 Å². The van der Waals surface area contributed by atoms with E-state index in [1.165, 1.54) is 30.5 Å². The SMILES string of the molecule is Cc1cc(F)ccc1Oc1ncc(C#N)cc1N. The molecule has 0 fully saturated rings. The number of anilines is 1. The predicted octanol–water partition coefficient (Wildman–Crippen LogP) is 2.78. The van der Waals surface area contributed by atoms with Gasteiger partial charge in [0, 0.05) is 6.20 Å². The first-order valence-corrected chi connectivity index (χ1v) is 5.20. The molecule has 5 heteroatoms. The molecular formula is C13H10FN3O. The van der Waals surface area contributed by atoms with Gasteiger partial charge in [0.25, 0.3) is 0 Å². The summed E-state index contributed by atoms with van der Waals surface area (Å²) < 4.78 is 18.4. The lowest BCUT2D eigenvalue weighted by atomic mass is 10.2. The Hall–Kier alpha value is -2.61. The molecular weight excluding hydrogens is 233 g/mol. The molecule has 0 radical (unpaired) electrons. The smallest absolute Gasteiger partial charge is 0.242 e. The van der Waals surface area contributed by atoms with E-state index in [2.05, 4.69) is 4.98 Å². The van der Waals surface area contributed by atoms with Crippen LogP contribution in [-0.4, -0.2) is 4.98 Å². The number of hydrogen-bond donors (Lipinski definition) is 1. The van der Waals surface area contributed by atoms with Crippen molar-refractivity contribution in [3.63, 3.8) is 0 Å². The van der Waals surface area contributed by atoms with E-state index in [9.17, 15) is 4.39 Å². The van der Waals surface area contributed by atoms with Gasteiger partial charge in [0.15, 0.2) is 0 Å². The lowest BCUT2D eigenvalue weighted by molar-refractivity contribution is 0.460. The molecule has 0 aliphatic heterocycles. The maximum absolute atomic E-state index is 12.9. The fraction of sp³-hybridized carbons (Fsp3) is 0.0769. The number of nitrogens with two attached hydrogens (primary N) is 1. The van der Waals surface area contributed by atoms with Crippen LogP contribution < -0.4 is 10.5 Å². The summed E-state index contributed by atoms with van der Waals surface area (Å²) >= 11 is 0. The van der Waals surface area contributed by atoms with Crippen molar-refractivity contribution in [1.82, 2.24) is 4.98 Å². The van der Waals surface area contributed by atoms with Crippen molar-refractivity contribution in [2.24, 2.45) is 0 Å². The van der Waals surface area contributed by atoms with Gasteiger partial charge in [-0.3, -0.25) is 0 Å². The van der Waals surface area contributed by atoms with Crippen LogP contribution in [0.4, 0.5) is 10.1 Å². The quantitative estimate of drug-likeness (QED) is 0.880. The standard InChI is InChI=1S/C13H10FN3O/c1-8-4-10(14)2-3-12(8)18-13-11(16)5-9(6-15)7-17-13/h2-5,7H,16H2,1H3. The summed E-state index contributed by atoms with van der Waals surface area (Å²) in [7, 11) is 0. The number of pyridine rings is 1. The first-order valence-electron chi connectivity index (χ1n) is 5.20. The van der Waals surface area contributed by atoms with Gasteiger partial charge in [-0.1, -0.05) is 0 Å². The van der Waals surface area contributed by atoms with Crippen molar-refractivity contribution in [3.05, 3.63) is 47.4 Å². The molecule has 1 heterocycles. The molecule has 0 atom stereocenters. The highest BCUT2D eigenvalue weighted by Crippen LogP contribution is 2.28. The molecule has 90 valence electrons. The van der Waals surface area contributed by atoms with Crippen molar-refractivity contribution in [1.29, 1.82) is 5.26 Å². The van der Waals surface area contributed by atoms with E-state index in [1.54, 1.807) is 6.92 Å². The summed E-state index contributed by atoms with van der Waals surface area (Å²) in [4.78, 5) is 3.94. The van der Waals surface area contributed by atoms with Crippen LogP contribution >= 0.6 is 0 Å². The summed E-state index contributed by atoms with van der Waals surface area (Å²) in [5, 5.41) is 8.69. The van der Waals surface area contributed by atoms with E-state index in [4.69, 9.17) is 15.7 Å². The van der Waals surface area contributed by atoms with Crippen LogP contribution in [0.3, 0.4) is 0 Å². The number of nitrogens with zero attached hydrogens (tertiary/aromatic N) is 2. The minimum atomic E-state index is -0.333. The number of halogens is 1. The van der Waals surface area contributed by atoms with E-state index < -0.39 is 0 Å². The molecule has 0 spiro atoms. The largest absolute Gasteiger partial charge is 0.437 e. The van der Waals surface area contributed by atoms with Crippen LogP contribution in [-0.2, 0) is 0 Å². The van der Waals surface area contributed by atoms with Gasteiger partial charge in [-0.15, -0.1) is 0 Å². The highest BCUT2D eigenvalue weighted by Gasteiger charge is 2.07. The predicted molar refractivity (Wildman–Crippen MR) is 64.6 cm³/mol. The van der Waals surface area contributed by atoms with Crippen LogP contribution in [0.15, 0.2) is 30.5 Å². The number of rotatable bonds is 2. The molecule has 0 aliphatic carbocycles. The van der Waals surface area contributed by atoms with Crippen LogP contribution in [0.2, 0.25) is 0 Å². The summed E-state index contributed by atoms with van der Waals surface area (Å²) in [6.07, 6.45) is 1.37. The maximum Gasteiger partial charge on any atom is 0.242 e. The zero-order chi connectivity index (χ0) is 13.1. The summed E-state index contributed by atoms with van der Waals surface area (Å²) in [6.45, 7) is 1.72. The highest BCUT2D eigenvalue weighted by molar-refractivity contribution is 5.53. The van der Waals surface area contributed by atoms with E-state index >= 15 is 0 Å². The second-order valence-corrected chi connectivity index (χ2v) is 3.74. The van der Waals surface area contributed by atoms with Crippen LogP contribution in [0, 0.1) is 24.1 Å². The van der Waals surface area contributed by atoms with Gasteiger partial charge in [-0.25, -0.2) is 9.37 Å². The minimum absolute atomic E-state index is 0.198. The fourth-order valence-electron chi connectivity index (χ4n) is 1.45. The van der Waals surface area contributed by atoms with Gasteiger partial charge in [-0.05, 0) is 36.8 Å². The molecule has 0 saturated heterocycles. The van der Waals surface area contributed by atoms with E-state index in [0.717, 1.165) is 0 Å². The molecule has 2 aromatic rings. The molecule has 0 saturated carbocycles. The summed E-state index contributed by atoms with van der Waals surface area (Å²) in [6, 6.07) is 7.56. The summed E-state index contributed by atoms with van der Waals surface area (Å²) in [5.41, 5.74) is 6.97. The van der Waals surface area contributed by atoms with Gasteiger partial charge < -0.3 is 10.5 Å². The molecule has 0 unspecified atom stereocenters. The molecule has 1 aromatic carbocycles. The Morgan fingerprint density at radius 2 is 2.17 bits per heavy atom. The Labute approximate surface area is 103 Å². The molecule has 2 rings (SSSR count). The molecule has 2 N–H and O–H groups in total. The Balaban J connectivity index is 2.32. The van der Waals surface area contributed by atoms with Crippen molar-refractivity contribution < 1.29 is 9.13 Å². The third kappa shape index (κ3) is 2.38. The second-order valence-electron chi connectivity index (χ2n) is 3.74. The number of ether oxygens (including phenoxy) is 1. The Morgan fingerprint density at radius 1 is 1.39 bits per heavy atom. The Morgan fingerprint density at radius 3 is 2.78 bits per heavy atom. The normalized spacial score (nSPS) is 9.83. The lowest BCUT2D eigenvalue weighted by Gasteiger charge is -2.09. The molecule has 0 aliphatic rings. The minimum Gasteiger partial charge on any atom is -0.437 e. The zero-order valence-electron chi connectivity index (χ0n) is 9.64. The number of nitrogen functional groups attached to an aromatic ring is 1. The van der Waals surface area contributed by atoms with Gasteiger partial charge in [0.1, 0.15) is 17.6 Å². The Kier molecular flexibility index (Phi) is 3.11. The number of aryl methyl sites for hydroxylation is 1.